The Morgan fingerprint density at radius 1 is 1.00 bits per heavy atom. The van der Waals surface area contributed by atoms with Gasteiger partial charge in [-0.3, -0.25) is 0 Å². The third kappa shape index (κ3) is 9.96. The molecule has 1 N–H and O–H groups in total. The van der Waals surface area contributed by atoms with Crippen molar-refractivity contribution in [1.29, 1.82) is 0 Å². The largest absolute Gasteiger partial charge is 0.320 e. The Hall–Kier alpha value is -0.0400. The number of hydrogen-bond donors (Lipinski definition) is 1. The van der Waals surface area contributed by atoms with Crippen LogP contribution in [0.2, 0.25) is 0 Å². The zero-order valence-electron chi connectivity index (χ0n) is 9.03. The molecule has 0 aliphatic carbocycles. The lowest BCUT2D eigenvalue weighted by Crippen LogP contribution is -2.06. The first-order valence-electron chi connectivity index (χ1n) is 5.42. The molecular formula is C11H27N. The Labute approximate surface area is 79.4 Å². The van der Waals surface area contributed by atoms with E-state index in [0.717, 1.165) is 5.92 Å². The molecule has 1 heteroatoms. The van der Waals surface area contributed by atoms with Crippen LogP contribution in [0.4, 0.5) is 0 Å². The number of hydrogen-bond acceptors (Lipinski definition) is 1. The predicted molar refractivity (Wildman–Crippen MR) is 58.6 cm³/mol. The summed E-state index contributed by atoms with van der Waals surface area (Å²) in [7, 11) is 2.03. The fraction of sp³-hybridized carbons (Fsp3) is 1.00. The van der Waals surface area contributed by atoms with Gasteiger partial charge >= 0.3 is 0 Å². The SMILES string of the molecule is CNCCCCCCCC(C)C.[HH]. The Morgan fingerprint density at radius 2 is 1.58 bits per heavy atom. The molecule has 12 heavy (non-hydrogen) atoms. The minimum Gasteiger partial charge on any atom is -0.320 e. The molecule has 0 aliphatic rings. The highest BCUT2D eigenvalue weighted by atomic mass is 14.8. The van der Waals surface area contributed by atoms with Gasteiger partial charge in [-0.15, -0.1) is 0 Å². The quantitative estimate of drug-likeness (QED) is 0.554. The van der Waals surface area contributed by atoms with Crippen molar-refractivity contribution in [3.63, 3.8) is 0 Å². The van der Waals surface area contributed by atoms with Gasteiger partial charge in [-0.2, -0.15) is 0 Å². The van der Waals surface area contributed by atoms with E-state index >= 15 is 0 Å². The summed E-state index contributed by atoms with van der Waals surface area (Å²) in [5.74, 6) is 0.891. The van der Waals surface area contributed by atoms with Gasteiger partial charge in [0.2, 0.25) is 0 Å². The summed E-state index contributed by atoms with van der Waals surface area (Å²) in [5, 5.41) is 3.18. The van der Waals surface area contributed by atoms with E-state index in [1.54, 1.807) is 0 Å². The Kier molecular flexibility index (Phi) is 9.02. The van der Waals surface area contributed by atoms with E-state index in [1.165, 1.54) is 45.1 Å². The molecule has 0 fully saturated rings. The highest BCUT2D eigenvalue weighted by Crippen LogP contribution is 2.09. The van der Waals surface area contributed by atoms with E-state index < -0.39 is 0 Å². The van der Waals surface area contributed by atoms with E-state index in [4.69, 9.17) is 0 Å². The van der Waals surface area contributed by atoms with Crippen LogP contribution in [0, 0.1) is 5.92 Å². The Bertz CT molecular complexity index is 84.2. The molecule has 0 radical (unpaired) electrons. The first-order valence-corrected chi connectivity index (χ1v) is 5.42. The molecule has 0 atom stereocenters. The van der Waals surface area contributed by atoms with Gasteiger partial charge < -0.3 is 5.32 Å². The molecule has 0 bridgehead atoms. The molecule has 0 saturated carbocycles. The first kappa shape index (κ1) is 12.0. The molecular weight excluding hydrogens is 146 g/mol. The summed E-state index contributed by atoms with van der Waals surface area (Å²) < 4.78 is 0. The van der Waals surface area contributed by atoms with E-state index in [9.17, 15) is 0 Å². The molecule has 0 rings (SSSR count). The summed E-state index contributed by atoms with van der Waals surface area (Å²) in [4.78, 5) is 0. The van der Waals surface area contributed by atoms with Crippen LogP contribution in [-0.2, 0) is 0 Å². The van der Waals surface area contributed by atoms with Crippen LogP contribution < -0.4 is 5.32 Å². The van der Waals surface area contributed by atoms with Crippen molar-refractivity contribution in [2.75, 3.05) is 13.6 Å². The van der Waals surface area contributed by atoms with Gasteiger partial charge in [-0.25, -0.2) is 0 Å². The summed E-state index contributed by atoms with van der Waals surface area (Å²) in [6.45, 7) is 5.80. The molecule has 0 amide bonds. The molecule has 1 nitrogen and oxygen atoms in total. The van der Waals surface area contributed by atoms with Crippen LogP contribution >= 0.6 is 0 Å². The van der Waals surface area contributed by atoms with Gasteiger partial charge in [0.25, 0.3) is 0 Å². The van der Waals surface area contributed by atoms with Crippen molar-refractivity contribution >= 4 is 0 Å². The van der Waals surface area contributed by atoms with Crippen molar-refractivity contribution in [2.24, 2.45) is 5.92 Å². The molecule has 0 saturated heterocycles. The van der Waals surface area contributed by atoms with Crippen LogP contribution in [0.5, 0.6) is 0 Å². The Balaban J connectivity index is 0. The first-order chi connectivity index (χ1) is 5.77. The number of rotatable bonds is 8. The van der Waals surface area contributed by atoms with E-state index in [0.29, 0.717) is 0 Å². The maximum atomic E-state index is 3.18. The second-order valence-corrected chi connectivity index (χ2v) is 4.05. The predicted octanol–water partition coefficient (Wildman–Crippen LogP) is 3.45. The van der Waals surface area contributed by atoms with E-state index in [-0.39, 0.29) is 1.43 Å². The monoisotopic (exact) mass is 173 g/mol. The van der Waals surface area contributed by atoms with Gasteiger partial charge in [-0.1, -0.05) is 46.0 Å². The maximum absolute atomic E-state index is 3.18. The highest BCUT2D eigenvalue weighted by molar-refractivity contribution is 4.49. The lowest BCUT2D eigenvalue weighted by atomic mass is 10.0. The van der Waals surface area contributed by atoms with Gasteiger partial charge in [0, 0.05) is 1.43 Å². The van der Waals surface area contributed by atoms with Gasteiger partial charge in [0.1, 0.15) is 0 Å². The lowest BCUT2D eigenvalue weighted by Gasteiger charge is -2.03. The molecule has 0 aromatic heterocycles. The molecule has 0 heterocycles. The molecule has 0 aliphatic heterocycles. The standard InChI is InChI=1S/C11H25N.H2/c1-11(2)9-7-5-4-6-8-10-12-3;/h11-12H,4-10H2,1-3H3;1H. The third-order valence-electron chi connectivity index (χ3n) is 2.21. The van der Waals surface area contributed by atoms with Crippen molar-refractivity contribution in [2.45, 2.75) is 52.4 Å². The van der Waals surface area contributed by atoms with Crippen LogP contribution in [-0.4, -0.2) is 13.6 Å². The second-order valence-electron chi connectivity index (χ2n) is 4.05. The molecule has 76 valence electrons. The van der Waals surface area contributed by atoms with Crippen LogP contribution in [0.25, 0.3) is 0 Å². The number of unbranched alkanes of at least 4 members (excludes halogenated alkanes) is 4. The minimum atomic E-state index is 0. The summed E-state index contributed by atoms with van der Waals surface area (Å²) >= 11 is 0. The van der Waals surface area contributed by atoms with Crippen molar-refractivity contribution in [3.8, 4) is 0 Å². The third-order valence-corrected chi connectivity index (χ3v) is 2.21. The van der Waals surface area contributed by atoms with Crippen molar-refractivity contribution in [3.05, 3.63) is 0 Å². The average Bonchev–Trinajstić information content (AvgIpc) is 2.02. The zero-order valence-corrected chi connectivity index (χ0v) is 9.03. The van der Waals surface area contributed by atoms with Gasteiger partial charge in [0.15, 0.2) is 0 Å². The topological polar surface area (TPSA) is 12.0 Å². The van der Waals surface area contributed by atoms with Gasteiger partial charge in [0.05, 0.1) is 0 Å². The van der Waals surface area contributed by atoms with Crippen LogP contribution in [0.15, 0.2) is 0 Å². The highest BCUT2D eigenvalue weighted by Gasteiger charge is 1.93. The lowest BCUT2D eigenvalue weighted by molar-refractivity contribution is 0.513. The molecule has 0 aromatic rings. The second kappa shape index (κ2) is 9.05. The fourth-order valence-corrected chi connectivity index (χ4v) is 1.38. The van der Waals surface area contributed by atoms with Crippen LogP contribution in [0.1, 0.15) is 53.8 Å². The van der Waals surface area contributed by atoms with E-state index in [2.05, 4.69) is 19.2 Å². The van der Waals surface area contributed by atoms with E-state index in [1.807, 2.05) is 7.05 Å². The summed E-state index contributed by atoms with van der Waals surface area (Å²) in [6.07, 6.45) is 8.44. The minimum absolute atomic E-state index is 0. The summed E-state index contributed by atoms with van der Waals surface area (Å²) in [5.41, 5.74) is 0. The normalized spacial score (nSPS) is 11.0. The van der Waals surface area contributed by atoms with Crippen molar-refractivity contribution in [1.82, 2.24) is 5.32 Å². The molecule has 0 spiro atoms. The Morgan fingerprint density at radius 3 is 2.17 bits per heavy atom. The zero-order chi connectivity index (χ0) is 9.23. The smallest absolute Gasteiger partial charge is 0 e. The van der Waals surface area contributed by atoms with Crippen LogP contribution in [0.3, 0.4) is 0 Å². The maximum Gasteiger partial charge on any atom is 0 e. The summed E-state index contributed by atoms with van der Waals surface area (Å²) in [6, 6.07) is 0. The average molecular weight is 173 g/mol. The number of nitrogens with one attached hydrogen (secondary N) is 1. The molecule has 0 aromatic carbocycles. The van der Waals surface area contributed by atoms with Crippen molar-refractivity contribution < 1.29 is 1.43 Å². The fourth-order valence-electron chi connectivity index (χ4n) is 1.38. The van der Waals surface area contributed by atoms with Gasteiger partial charge in [-0.05, 0) is 25.9 Å². The molecule has 0 unspecified atom stereocenters.